The highest BCUT2D eigenvalue weighted by atomic mass is 32.2. The molecule has 0 aliphatic rings. The van der Waals surface area contributed by atoms with Gasteiger partial charge in [-0.05, 0) is 56.6 Å². The quantitative estimate of drug-likeness (QED) is 0.449. The van der Waals surface area contributed by atoms with Crippen molar-refractivity contribution in [3.05, 3.63) is 78.4 Å². The fourth-order valence-electron chi connectivity index (χ4n) is 3.07. The van der Waals surface area contributed by atoms with Crippen molar-refractivity contribution in [2.75, 3.05) is 37.0 Å². The first-order chi connectivity index (χ1) is 15.4. The number of ether oxygens (including phenoxy) is 1. The summed E-state index contributed by atoms with van der Waals surface area (Å²) in [7, 11) is 1.73. The maximum Gasteiger partial charge on any atom is 0.238 e. The lowest BCUT2D eigenvalue weighted by atomic mass is 10.2. The lowest BCUT2D eigenvalue weighted by Gasteiger charge is -2.17. The van der Waals surface area contributed by atoms with Crippen LogP contribution in [0.3, 0.4) is 0 Å². The van der Waals surface area contributed by atoms with Crippen LogP contribution in [-0.2, 0) is 9.59 Å². The number of nitrogens with one attached hydrogen (secondary N) is 2. The normalized spacial score (nSPS) is 10.6. The van der Waals surface area contributed by atoms with Crippen LogP contribution >= 0.6 is 11.8 Å². The molecule has 0 unspecified atom stereocenters. The number of aryl methyl sites for hydroxylation is 1. The SMILES string of the molecule is CSc1ccccc1NC(=O)CN(C)CC(=O)Nc1ccccc1Oc1ccc(C)cc1. The Morgan fingerprint density at radius 1 is 0.844 bits per heavy atom. The minimum atomic E-state index is -0.232. The molecule has 7 heteroatoms. The summed E-state index contributed by atoms with van der Waals surface area (Å²) >= 11 is 1.57. The number of anilines is 2. The first kappa shape index (κ1) is 23.4. The second-order valence-electron chi connectivity index (χ2n) is 7.38. The van der Waals surface area contributed by atoms with E-state index in [2.05, 4.69) is 10.6 Å². The zero-order valence-corrected chi connectivity index (χ0v) is 19.2. The molecule has 166 valence electrons. The topological polar surface area (TPSA) is 70.7 Å². The van der Waals surface area contributed by atoms with E-state index in [0.29, 0.717) is 17.2 Å². The zero-order chi connectivity index (χ0) is 22.9. The van der Waals surface area contributed by atoms with Gasteiger partial charge in [0, 0.05) is 4.90 Å². The van der Waals surface area contributed by atoms with Gasteiger partial charge in [-0.1, -0.05) is 42.0 Å². The van der Waals surface area contributed by atoms with Gasteiger partial charge in [0.2, 0.25) is 11.8 Å². The van der Waals surface area contributed by atoms with E-state index in [1.54, 1.807) is 35.8 Å². The van der Waals surface area contributed by atoms with Crippen LogP contribution in [0.1, 0.15) is 5.56 Å². The number of rotatable bonds is 9. The fourth-order valence-corrected chi connectivity index (χ4v) is 3.62. The molecule has 3 aromatic rings. The molecule has 0 spiro atoms. The van der Waals surface area contributed by atoms with Crippen molar-refractivity contribution in [1.82, 2.24) is 4.90 Å². The molecule has 0 saturated carbocycles. The highest BCUT2D eigenvalue weighted by Crippen LogP contribution is 2.29. The van der Waals surface area contributed by atoms with Crippen LogP contribution in [0.25, 0.3) is 0 Å². The summed E-state index contributed by atoms with van der Waals surface area (Å²) in [5.41, 5.74) is 2.48. The second kappa shape index (κ2) is 11.4. The van der Waals surface area contributed by atoms with E-state index < -0.39 is 0 Å². The smallest absolute Gasteiger partial charge is 0.238 e. The van der Waals surface area contributed by atoms with E-state index in [0.717, 1.165) is 16.1 Å². The van der Waals surface area contributed by atoms with Crippen LogP contribution < -0.4 is 15.4 Å². The van der Waals surface area contributed by atoms with E-state index >= 15 is 0 Å². The molecule has 0 aromatic heterocycles. The number of nitrogens with zero attached hydrogens (tertiary/aromatic N) is 1. The molecule has 0 aliphatic heterocycles. The predicted molar refractivity (Wildman–Crippen MR) is 131 cm³/mol. The van der Waals surface area contributed by atoms with Crippen LogP contribution in [0, 0.1) is 6.92 Å². The average molecular weight is 450 g/mol. The standard InChI is InChI=1S/C25H27N3O3S/c1-18-12-14-19(15-13-18)31-22-10-6-4-8-20(22)26-24(29)16-28(2)17-25(30)27-21-9-5-7-11-23(21)32-3/h4-15H,16-17H2,1-3H3,(H,26,29)(H,27,30). The van der Waals surface area contributed by atoms with Gasteiger partial charge < -0.3 is 15.4 Å². The number of carbonyl (C=O) groups excluding carboxylic acids is 2. The Kier molecular flexibility index (Phi) is 8.30. The maximum atomic E-state index is 12.6. The van der Waals surface area contributed by atoms with Gasteiger partial charge in [-0.3, -0.25) is 14.5 Å². The fraction of sp³-hybridized carbons (Fsp3) is 0.200. The number of hydrogen-bond donors (Lipinski definition) is 2. The molecule has 0 radical (unpaired) electrons. The molecule has 0 saturated heterocycles. The molecule has 6 nitrogen and oxygen atoms in total. The number of para-hydroxylation sites is 3. The zero-order valence-electron chi connectivity index (χ0n) is 18.4. The van der Waals surface area contributed by atoms with Gasteiger partial charge in [-0.25, -0.2) is 0 Å². The minimum Gasteiger partial charge on any atom is -0.455 e. The molecular formula is C25H27N3O3S. The summed E-state index contributed by atoms with van der Waals surface area (Å²) in [6, 6.07) is 22.6. The van der Waals surface area contributed by atoms with Gasteiger partial charge in [0.1, 0.15) is 5.75 Å². The van der Waals surface area contributed by atoms with Gasteiger partial charge in [0.25, 0.3) is 0 Å². The third-order valence-corrected chi connectivity index (χ3v) is 5.41. The van der Waals surface area contributed by atoms with Crippen molar-refractivity contribution in [3.63, 3.8) is 0 Å². The highest BCUT2D eigenvalue weighted by molar-refractivity contribution is 7.98. The van der Waals surface area contributed by atoms with Crippen molar-refractivity contribution < 1.29 is 14.3 Å². The highest BCUT2D eigenvalue weighted by Gasteiger charge is 2.14. The summed E-state index contributed by atoms with van der Waals surface area (Å²) in [6.07, 6.45) is 1.96. The Morgan fingerprint density at radius 2 is 1.41 bits per heavy atom. The van der Waals surface area contributed by atoms with Gasteiger partial charge in [0.05, 0.1) is 24.5 Å². The summed E-state index contributed by atoms with van der Waals surface area (Å²) in [5, 5.41) is 5.78. The Bertz CT molecular complexity index is 1070. The lowest BCUT2D eigenvalue weighted by molar-refractivity contribution is -0.119. The number of thioether (sulfide) groups is 1. The van der Waals surface area contributed by atoms with Crippen LogP contribution in [-0.4, -0.2) is 43.1 Å². The van der Waals surface area contributed by atoms with E-state index in [-0.39, 0.29) is 24.9 Å². The molecule has 3 aromatic carbocycles. The summed E-state index contributed by atoms with van der Waals surface area (Å²) in [6.45, 7) is 2.17. The summed E-state index contributed by atoms with van der Waals surface area (Å²) < 4.78 is 5.93. The van der Waals surface area contributed by atoms with Gasteiger partial charge in [-0.15, -0.1) is 11.8 Å². The summed E-state index contributed by atoms with van der Waals surface area (Å²) in [4.78, 5) is 27.6. The molecular weight excluding hydrogens is 422 g/mol. The van der Waals surface area contributed by atoms with Gasteiger partial charge in [-0.2, -0.15) is 0 Å². The molecule has 0 heterocycles. The minimum absolute atomic E-state index is 0.0659. The maximum absolute atomic E-state index is 12.6. The molecule has 0 fully saturated rings. The number of benzene rings is 3. The average Bonchev–Trinajstić information content (AvgIpc) is 2.76. The van der Waals surface area contributed by atoms with E-state index in [1.165, 1.54) is 0 Å². The third-order valence-electron chi connectivity index (χ3n) is 4.62. The van der Waals surface area contributed by atoms with Crippen LogP contribution in [0.2, 0.25) is 0 Å². The molecule has 0 aliphatic carbocycles. The third kappa shape index (κ3) is 6.87. The second-order valence-corrected chi connectivity index (χ2v) is 8.23. The van der Waals surface area contributed by atoms with Crippen LogP contribution in [0.15, 0.2) is 77.7 Å². The van der Waals surface area contributed by atoms with Crippen LogP contribution in [0.4, 0.5) is 11.4 Å². The van der Waals surface area contributed by atoms with Crippen molar-refractivity contribution in [1.29, 1.82) is 0 Å². The largest absolute Gasteiger partial charge is 0.455 e. The van der Waals surface area contributed by atoms with E-state index in [9.17, 15) is 9.59 Å². The Labute approximate surface area is 193 Å². The van der Waals surface area contributed by atoms with Gasteiger partial charge in [0.15, 0.2) is 5.75 Å². The monoisotopic (exact) mass is 449 g/mol. The van der Waals surface area contributed by atoms with Crippen molar-refractivity contribution in [2.24, 2.45) is 0 Å². The van der Waals surface area contributed by atoms with Crippen LogP contribution in [0.5, 0.6) is 11.5 Å². The van der Waals surface area contributed by atoms with Crippen molar-refractivity contribution in [3.8, 4) is 11.5 Å². The first-order valence-electron chi connectivity index (χ1n) is 10.2. The molecule has 0 atom stereocenters. The molecule has 2 amide bonds. The lowest BCUT2D eigenvalue weighted by Crippen LogP contribution is -2.36. The van der Waals surface area contributed by atoms with Crippen molar-refractivity contribution >= 4 is 35.0 Å². The molecule has 32 heavy (non-hydrogen) atoms. The first-order valence-corrected chi connectivity index (χ1v) is 11.4. The molecule has 2 N–H and O–H groups in total. The molecule has 0 bridgehead atoms. The number of likely N-dealkylation sites (N-methyl/N-ethyl adjacent to an activating group) is 1. The van der Waals surface area contributed by atoms with Crippen molar-refractivity contribution in [2.45, 2.75) is 11.8 Å². The number of carbonyl (C=O) groups is 2. The Balaban J connectivity index is 1.55. The number of hydrogen-bond acceptors (Lipinski definition) is 5. The Hall–Kier alpha value is -3.29. The van der Waals surface area contributed by atoms with Gasteiger partial charge >= 0.3 is 0 Å². The number of amides is 2. The molecule has 3 rings (SSSR count). The predicted octanol–water partition coefficient (Wildman–Crippen LogP) is 5.02. The summed E-state index contributed by atoms with van der Waals surface area (Å²) in [5.74, 6) is 0.838. The van der Waals surface area contributed by atoms with E-state index in [4.69, 9.17) is 4.74 Å². The Morgan fingerprint density at radius 3 is 2.06 bits per heavy atom. The van der Waals surface area contributed by atoms with E-state index in [1.807, 2.05) is 73.8 Å².